The molecule has 0 spiro atoms. The lowest BCUT2D eigenvalue weighted by Gasteiger charge is -2.14. The van der Waals surface area contributed by atoms with Crippen molar-refractivity contribution >= 4 is 39.7 Å². The van der Waals surface area contributed by atoms with Crippen LogP contribution in [0.15, 0.2) is 60.9 Å². The van der Waals surface area contributed by atoms with E-state index in [0.29, 0.717) is 5.56 Å². The van der Waals surface area contributed by atoms with Gasteiger partial charge in [0.1, 0.15) is 11.4 Å². The van der Waals surface area contributed by atoms with E-state index in [0.717, 1.165) is 45.1 Å². The zero-order chi connectivity index (χ0) is 21.1. The van der Waals surface area contributed by atoms with Crippen molar-refractivity contribution < 1.29 is 9.53 Å². The molecular formula is C23H23N5O2. The molecule has 4 aromatic rings. The Hall–Kier alpha value is -4.00. The number of hydrogen-bond donors (Lipinski definition) is 4. The van der Waals surface area contributed by atoms with E-state index in [4.69, 9.17) is 4.74 Å². The van der Waals surface area contributed by atoms with Gasteiger partial charge in [0.2, 0.25) is 0 Å². The van der Waals surface area contributed by atoms with Crippen LogP contribution in [0.4, 0.5) is 22.7 Å². The van der Waals surface area contributed by atoms with E-state index in [1.165, 1.54) is 0 Å². The van der Waals surface area contributed by atoms with Crippen LogP contribution in [0, 0.1) is 6.92 Å². The summed E-state index contributed by atoms with van der Waals surface area (Å²) < 4.78 is 5.27. The maximum absolute atomic E-state index is 13.0. The molecule has 0 radical (unpaired) electrons. The number of carbonyl (C=O) groups is 1. The van der Waals surface area contributed by atoms with E-state index < -0.39 is 0 Å². The van der Waals surface area contributed by atoms with Crippen molar-refractivity contribution in [1.29, 1.82) is 0 Å². The average molecular weight is 401 g/mol. The molecule has 0 aliphatic rings. The first kappa shape index (κ1) is 19.3. The van der Waals surface area contributed by atoms with Gasteiger partial charge in [-0.25, -0.2) is 4.98 Å². The number of aryl methyl sites for hydroxylation is 1. The summed E-state index contributed by atoms with van der Waals surface area (Å²) in [5.41, 5.74) is 5.39. The van der Waals surface area contributed by atoms with Gasteiger partial charge in [0.15, 0.2) is 0 Å². The number of rotatable bonds is 6. The second-order valence-corrected chi connectivity index (χ2v) is 6.88. The molecule has 0 fully saturated rings. The number of aromatic nitrogens is 2. The van der Waals surface area contributed by atoms with Gasteiger partial charge >= 0.3 is 0 Å². The van der Waals surface area contributed by atoms with Gasteiger partial charge in [-0.15, -0.1) is 0 Å². The van der Waals surface area contributed by atoms with Crippen molar-refractivity contribution in [3.8, 4) is 5.75 Å². The Kier molecular flexibility index (Phi) is 5.26. The van der Waals surface area contributed by atoms with E-state index in [1.807, 2.05) is 55.5 Å². The van der Waals surface area contributed by atoms with Crippen LogP contribution in [0.25, 0.3) is 11.0 Å². The standard InChI is InChI=1S/C23H23N5O2/c1-14-7-8-16(27-15-5-4-6-17(11-15)30-3)12-20(14)28-23(29)19-13-26-22-18(9-10-25-22)21(19)24-2/h4-13,27H,1-3H3,(H,28,29)(H2,24,25,26). The van der Waals surface area contributed by atoms with Crippen molar-refractivity contribution in [3.63, 3.8) is 0 Å². The molecule has 0 saturated carbocycles. The number of anilines is 4. The summed E-state index contributed by atoms with van der Waals surface area (Å²) in [7, 11) is 3.43. The molecule has 4 N–H and O–H groups in total. The molecule has 30 heavy (non-hydrogen) atoms. The minimum absolute atomic E-state index is 0.225. The van der Waals surface area contributed by atoms with Crippen LogP contribution in [-0.2, 0) is 0 Å². The van der Waals surface area contributed by atoms with Gasteiger partial charge in [0, 0.05) is 48.0 Å². The number of methoxy groups -OCH3 is 1. The maximum Gasteiger partial charge on any atom is 0.259 e. The highest BCUT2D eigenvalue weighted by atomic mass is 16.5. The molecule has 7 nitrogen and oxygen atoms in total. The first-order valence-electron chi connectivity index (χ1n) is 9.56. The number of ether oxygens (including phenoxy) is 1. The molecule has 0 atom stereocenters. The quantitative estimate of drug-likeness (QED) is 0.368. The summed E-state index contributed by atoms with van der Waals surface area (Å²) in [5, 5.41) is 10.3. The Morgan fingerprint density at radius 2 is 1.93 bits per heavy atom. The summed E-state index contributed by atoms with van der Waals surface area (Å²) >= 11 is 0. The molecule has 0 aliphatic heterocycles. The molecule has 0 saturated heterocycles. The number of nitrogens with zero attached hydrogens (tertiary/aromatic N) is 1. The van der Waals surface area contributed by atoms with Gasteiger partial charge in [-0.05, 0) is 42.8 Å². The van der Waals surface area contributed by atoms with Gasteiger partial charge in [0.05, 0.1) is 18.4 Å². The first-order valence-corrected chi connectivity index (χ1v) is 9.56. The summed E-state index contributed by atoms with van der Waals surface area (Å²) in [6.07, 6.45) is 3.38. The molecule has 2 heterocycles. The lowest BCUT2D eigenvalue weighted by Crippen LogP contribution is -2.15. The number of benzene rings is 2. The minimum Gasteiger partial charge on any atom is -0.497 e. The van der Waals surface area contributed by atoms with Crippen LogP contribution in [0.5, 0.6) is 5.75 Å². The van der Waals surface area contributed by atoms with E-state index in [9.17, 15) is 4.79 Å². The zero-order valence-electron chi connectivity index (χ0n) is 17.0. The summed E-state index contributed by atoms with van der Waals surface area (Å²) in [4.78, 5) is 20.4. The number of amides is 1. The van der Waals surface area contributed by atoms with E-state index in [2.05, 4.69) is 25.9 Å². The van der Waals surface area contributed by atoms with Crippen LogP contribution in [0.2, 0.25) is 0 Å². The van der Waals surface area contributed by atoms with Crippen molar-refractivity contribution in [1.82, 2.24) is 9.97 Å². The molecule has 2 aromatic heterocycles. The minimum atomic E-state index is -0.225. The number of aromatic amines is 1. The van der Waals surface area contributed by atoms with Crippen LogP contribution in [0.1, 0.15) is 15.9 Å². The van der Waals surface area contributed by atoms with Crippen LogP contribution >= 0.6 is 0 Å². The second kappa shape index (κ2) is 8.16. The van der Waals surface area contributed by atoms with Crippen molar-refractivity contribution in [2.24, 2.45) is 0 Å². The first-order chi connectivity index (χ1) is 14.6. The fraction of sp³-hybridized carbons (Fsp3) is 0.130. The number of nitrogens with one attached hydrogen (secondary N) is 4. The Morgan fingerprint density at radius 1 is 1.10 bits per heavy atom. The number of hydrogen-bond acceptors (Lipinski definition) is 5. The summed E-state index contributed by atoms with van der Waals surface area (Å²) in [5.74, 6) is 0.546. The molecule has 2 aromatic carbocycles. The van der Waals surface area contributed by atoms with E-state index >= 15 is 0 Å². The molecule has 0 unspecified atom stereocenters. The van der Waals surface area contributed by atoms with Crippen molar-refractivity contribution in [2.75, 3.05) is 30.1 Å². The van der Waals surface area contributed by atoms with Crippen LogP contribution in [0.3, 0.4) is 0 Å². The topological polar surface area (TPSA) is 91.1 Å². The van der Waals surface area contributed by atoms with Crippen molar-refractivity contribution in [3.05, 3.63) is 72.1 Å². The van der Waals surface area contributed by atoms with E-state index in [-0.39, 0.29) is 5.91 Å². The van der Waals surface area contributed by atoms with Gasteiger partial charge in [0.25, 0.3) is 5.91 Å². The highest BCUT2D eigenvalue weighted by molar-refractivity contribution is 6.12. The molecule has 4 rings (SSSR count). The fourth-order valence-corrected chi connectivity index (χ4v) is 3.34. The smallest absolute Gasteiger partial charge is 0.259 e. The second-order valence-electron chi connectivity index (χ2n) is 6.88. The average Bonchev–Trinajstić information content (AvgIpc) is 3.24. The molecule has 0 bridgehead atoms. The van der Waals surface area contributed by atoms with E-state index in [1.54, 1.807) is 26.6 Å². The third kappa shape index (κ3) is 3.77. The van der Waals surface area contributed by atoms with Gasteiger partial charge in [-0.1, -0.05) is 12.1 Å². The fourth-order valence-electron chi connectivity index (χ4n) is 3.34. The molecule has 1 amide bonds. The Morgan fingerprint density at radius 3 is 2.73 bits per heavy atom. The van der Waals surface area contributed by atoms with Gasteiger partial charge in [-0.2, -0.15) is 0 Å². The normalized spacial score (nSPS) is 10.6. The highest BCUT2D eigenvalue weighted by Crippen LogP contribution is 2.28. The maximum atomic E-state index is 13.0. The lowest BCUT2D eigenvalue weighted by molar-refractivity contribution is 0.102. The number of H-pyrrole nitrogens is 1. The Balaban J connectivity index is 1.60. The van der Waals surface area contributed by atoms with Crippen molar-refractivity contribution in [2.45, 2.75) is 6.92 Å². The zero-order valence-corrected chi connectivity index (χ0v) is 17.0. The number of carbonyl (C=O) groups excluding carboxylic acids is 1. The number of fused-ring (bicyclic) bond motifs is 1. The van der Waals surface area contributed by atoms with Crippen LogP contribution in [-0.4, -0.2) is 30.0 Å². The summed E-state index contributed by atoms with van der Waals surface area (Å²) in [6, 6.07) is 15.4. The predicted octanol–water partition coefficient (Wildman–Crippen LogP) is 4.92. The molecule has 7 heteroatoms. The monoisotopic (exact) mass is 401 g/mol. The van der Waals surface area contributed by atoms with Gasteiger partial charge < -0.3 is 25.7 Å². The Labute approximate surface area is 174 Å². The molecule has 152 valence electrons. The third-order valence-corrected chi connectivity index (χ3v) is 4.93. The molecular weight excluding hydrogens is 378 g/mol. The predicted molar refractivity (Wildman–Crippen MR) is 121 cm³/mol. The lowest BCUT2D eigenvalue weighted by atomic mass is 10.1. The largest absolute Gasteiger partial charge is 0.497 e. The third-order valence-electron chi connectivity index (χ3n) is 4.93. The van der Waals surface area contributed by atoms with Crippen LogP contribution < -0.4 is 20.7 Å². The SMILES string of the molecule is CNc1c(C(=O)Nc2cc(Nc3cccc(OC)c3)ccc2C)cnc2[nH]ccc12. The van der Waals surface area contributed by atoms with Gasteiger partial charge in [-0.3, -0.25) is 4.79 Å². The Bertz CT molecular complexity index is 1220. The highest BCUT2D eigenvalue weighted by Gasteiger charge is 2.16. The number of pyridine rings is 1. The summed E-state index contributed by atoms with van der Waals surface area (Å²) in [6.45, 7) is 1.96. The molecule has 0 aliphatic carbocycles.